The van der Waals surface area contributed by atoms with Crippen LogP contribution < -0.4 is 4.90 Å². The van der Waals surface area contributed by atoms with Gasteiger partial charge in [-0.25, -0.2) is 0 Å². The van der Waals surface area contributed by atoms with Gasteiger partial charge in [-0.05, 0) is 24.6 Å². The number of para-hydroxylation sites is 1. The van der Waals surface area contributed by atoms with Crippen LogP contribution in [0.5, 0.6) is 0 Å². The highest BCUT2D eigenvalue weighted by Crippen LogP contribution is 2.21. The lowest BCUT2D eigenvalue weighted by Crippen LogP contribution is -2.30. The average molecular weight is 273 g/mol. The van der Waals surface area contributed by atoms with E-state index in [0.717, 1.165) is 11.3 Å². The number of carbonyl (C=O) groups excluding carboxylic acids is 1. The number of aliphatic hydroxyl groups is 2. The van der Waals surface area contributed by atoms with Gasteiger partial charge >= 0.3 is 0 Å². The first kappa shape index (κ1) is 14.5. The van der Waals surface area contributed by atoms with Crippen LogP contribution in [-0.4, -0.2) is 28.5 Å². The largest absolute Gasteiger partial charge is 0.362 e. The van der Waals surface area contributed by atoms with Gasteiger partial charge in [0.15, 0.2) is 5.79 Å². The summed E-state index contributed by atoms with van der Waals surface area (Å²) in [6.07, 6.45) is 5.74. The Labute approximate surface area is 118 Å². The summed E-state index contributed by atoms with van der Waals surface area (Å²) >= 11 is 0. The molecule has 2 rings (SSSR count). The molecule has 0 heterocycles. The maximum absolute atomic E-state index is 11.7. The molecule has 0 saturated heterocycles. The van der Waals surface area contributed by atoms with Crippen molar-refractivity contribution < 1.29 is 15.0 Å². The Hall–Kier alpha value is -1.91. The second-order valence-corrected chi connectivity index (χ2v) is 4.95. The fourth-order valence-corrected chi connectivity index (χ4v) is 2.16. The van der Waals surface area contributed by atoms with Crippen LogP contribution in [0.3, 0.4) is 0 Å². The lowest BCUT2D eigenvalue weighted by Gasteiger charge is -2.23. The molecule has 0 unspecified atom stereocenters. The predicted molar refractivity (Wildman–Crippen MR) is 78.1 cm³/mol. The van der Waals surface area contributed by atoms with Crippen molar-refractivity contribution >= 4 is 11.6 Å². The van der Waals surface area contributed by atoms with Crippen LogP contribution in [0.4, 0.5) is 5.69 Å². The van der Waals surface area contributed by atoms with Gasteiger partial charge in [0, 0.05) is 25.6 Å². The number of rotatable bonds is 4. The maximum Gasteiger partial charge on any atom is 0.223 e. The van der Waals surface area contributed by atoms with Gasteiger partial charge < -0.3 is 15.1 Å². The van der Waals surface area contributed by atoms with Crippen LogP contribution in [0.15, 0.2) is 54.1 Å². The van der Waals surface area contributed by atoms with Gasteiger partial charge in [-0.1, -0.05) is 35.9 Å². The smallest absolute Gasteiger partial charge is 0.223 e. The summed E-state index contributed by atoms with van der Waals surface area (Å²) in [4.78, 5) is 13.4. The standard InChI is InChI=1S/C16H19NO3/c1-13(18)17(15-5-3-2-4-6-15)12-9-14-7-10-16(19,20)11-8-14/h2-8,10,19-20H,9,11-12H2,1H3. The fraction of sp³-hybridized carbons (Fsp3) is 0.312. The topological polar surface area (TPSA) is 60.8 Å². The normalized spacial score (nSPS) is 16.6. The lowest BCUT2D eigenvalue weighted by atomic mass is 10.00. The molecule has 0 radical (unpaired) electrons. The number of hydrogen-bond acceptors (Lipinski definition) is 3. The molecule has 0 atom stereocenters. The summed E-state index contributed by atoms with van der Waals surface area (Å²) < 4.78 is 0. The van der Waals surface area contributed by atoms with Crippen molar-refractivity contribution in [2.45, 2.75) is 25.6 Å². The molecule has 1 aromatic rings. The monoisotopic (exact) mass is 273 g/mol. The first-order valence-corrected chi connectivity index (χ1v) is 6.64. The zero-order chi connectivity index (χ0) is 14.6. The zero-order valence-corrected chi connectivity index (χ0v) is 11.5. The molecule has 1 amide bonds. The van der Waals surface area contributed by atoms with Crippen LogP contribution in [0.25, 0.3) is 0 Å². The number of nitrogens with zero attached hydrogens (tertiary/aromatic N) is 1. The summed E-state index contributed by atoms with van der Waals surface area (Å²) in [7, 11) is 0. The molecule has 0 aliphatic heterocycles. The number of anilines is 1. The molecule has 106 valence electrons. The number of amides is 1. The SMILES string of the molecule is CC(=O)N(CCC1=CCC(O)(O)C=C1)c1ccccc1. The van der Waals surface area contributed by atoms with E-state index in [1.807, 2.05) is 30.3 Å². The Kier molecular flexibility index (Phi) is 4.37. The van der Waals surface area contributed by atoms with E-state index < -0.39 is 5.79 Å². The molecule has 2 N–H and O–H groups in total. The van der Waals surface area contributed by atoms with Crippen LogP contribution >= 0.6 is 0 Å². The van der Waals surface area contributed by atoms with Crippen molar-refractivity contribution in [2.75, 3.05) is 11.4 Å². The molecule has 4 heteroatoms. The van der Waals surface area contributed by atoms with Crippen molar-refractivity contribution in [1.29, 1.82) is 0 Å². The molecule has 4 nitrogen and oxygen atoms in total. The minimum Gasteiger partial charge on any atom is -0.362 e. The van der Waals surface area contributed by atoms with Crippen molar-refractivity contribution in [3.63, 3.8) is 0 Å². The Morgan fingerprint density at radius 1 is 1.30 bits per heavy atom. The summed E-state index contributed by atoms with van der Waals surface area (Å²) in [6, 6.07) is 9.52. The highest BCUT2D eigenvalue weighted by atomic mass is 16.5. The first-order valence-electron chi connectivity index (χ1n) is 6.64. The molecular weight excluding hydrogens is 254 g/mol. The van der Waals surface area contributed by atoms with E-state index >= 15 is 0 Å². The van der Waals surface area contributed by atoms with Crippen molar-refractivity contribution in [2.24, 2.45) is 0 Å². The van der Waals surface area contributed by atoms with E-state index in [-0.39, 0.29) is 12.3 Å². The minimum atomic E-state index is -1.73. The molecule has 1 aromatic carbocycles. The Bertz CT molecular complexity index is 532. The molecule has 1 aliphatic rings. The Morgan fingerprint density at radius 2 is 2.00 bits per heavy atom. The van der Waals surface area contributed by atoms with Gasteiger partial charge in [-0.3, -0.25) is 4.79 Å². The van der Waals surface area contributed by atoms with E-state index in [9.17, 15) is 15.0 Å². The molecule has 0 fully saturated rings. The van der Waals surface area contributed by atoms with Gasteiger partial charge in [0.2, 0.25) is 5.91 Å². The number of allylic oxidation sites excluding steroid dienone is 1. The van der Waals surface area contributed by atoms with Gasteiger partial charge in [0.25, 0.3) is 0 Å². The molecule has 20 heavy (non-hydrogen) atoms. The molecule has 0 spiro atoms. The van der Waals surface area contributed by atoms with Crippen molar-refractivity contribution in [3.05, 3.63) is 54.1 Å². The fourth-order valence-electron chi connectivity index (χ4n) is 2.16. The first-order chi connectivity index (χ1) is 9.48. The highest BCUT2D eigenvalue weighted by Gasteiger charge is 2.21. The third-order valence-electron chi connectivity index (χ3n) is 3.30. The van der Waals surface area contributed by atoms with E-state index in [1.165, 1.54) is 6.08 Å². The molecular formula is C16H19NO3. The number of benzene rings is 1. The second kappa shape index (κ2) is 6.03. The van der Waals surface area contributed by atoms with Gasteiger partial charge in [-0.15, -0.1) is 0 Å². The average Bonchev–Trinajstić information content (AvgIpc) is 2.41. The predicted octanol–water partition coefficient (Wildman–Crippen LogP) is 2.00. The van der Waals surface area contributed by atoms with Gasteiger partial charge in [0.1, 0.15) is 0 Å². The molecule has 1 aliphatic carbocycles. The van der Waals surface area contributed by atoms with Crippen LogP contribution in [-0.2, 0) is 4.79 Å². The van der Waals surface area contributed by atoms with Gasteiger partial charge in [0.05, 0.1) is 0 Å². The number of hydrogen-bond donors (Lipinski definition) is 2. The van der Waals surface area contributed by atoms with E-state index in [2.05, 4.69) is 0 Å². The van der Waals surface area contributed by atoms with Crippen molar-refractivity contribution in [3.8, 4) is 0 Å². The molecule has 0 saturated carbocycles. The maximum atomic E-state index is 11.7. The Balaban J connectivity index is 2.00. The van der Waals surface area contributed by atoms with Crippen LogP contribution in [0.1, 0.15) is 19.8 Å². The van der Waals surface area contributed by atoms with Crippen LogP contribution in [0, 0.1) is 0 Å². The van der Waals surface area contributed by atoms with Crippen LogP contribution in [0.2, 0.25) is 0 Å². The summed E-state index contributed by atoms with van der Waals surface area (Å²) in [6.45, 7) is 2.12. The second-order valence-electron chi connectivity index (χ2n) is 4.95. The third kappa shape index (κ3) is 3.79. The van der Waals surface area contributed by atoms with E-state index in [1.54, 1.807) is 24.0 Å². The lowest BCUT2D eigenvalue weighted by molar-refractivity contribution is -0.117. The van der Waals surface area contributed by atoms with E-state index in [4.69, 9.17) is 0 Å². The number of carbonyl (C=O) groups is 1. The summed E-state index contributed by atoms with van der Waals surface area (Å²) in [5.41, 5.74) is 1.88. The summed E-state index contributed by atoms with van der Waals surface area (Å²) in [5.74, 6) is -1.74. The summed E-state index contributed by atoms with van der Waals surface area (Å²) in [5, 5.41) is 18.8. The van der Waals surface area contributed by atoms with E-state index in [0.29, 0.717) is 13.0 Å². The van der Waals surface area contributed by atoms with Crippen molar-refractivity contribution in [1.82, 2.24) is 0 Å². The quantitative estimate of drug-likeness (QED) is 0.825. The zero-order valence-electron chi connectivity index (χ0n) is 11.5. The minimum absolute atomic E-state index is 0.00440. The highest BCUT2D eigenvalue weighted by molar-refractivity contribution is 5.91. The third-order valence-corrected chi connectivity index (χ3v) is 3.30. The molecule has 0 bridgehead atoms. The molecule has 0 aromatic heterocycles. The van der Waals surface area contributed by atoms with Gasteiger partial charge in [-0.2, -0.15) is 0 Å². The Morgan fingerprint density at radius 3 is 2.55 bits per heavy atom.